The Morgan fingerprint density at radius 2 is 2.31 bits per heavy atom. The molecule has 0 bridgehead atoms. The highest BCUT2D eigenvalue weighted by atomic mass is 35.5. The van der Waals surface area contributed by atoms with E-state index in [2.05, 4.69) is 17.6 Å². The molecule has 5 heteroatoms. The molecule has 16 heavy (non-hydrogen) atoms. The van der Waals surface area contributed by atoms with E-state index >= 15 is 0 Å². The lowest BCUT2D eigenvalue weighted by atomic mass is 10.0. The largest absolute Gasteiger partial charge is 0.384 e. The van der Waals surface area contributed by atoms with Gasteiger partial charge in [0.2, 0.25) is 5.91 Å². The molecule has 1 heterocycles. The molecule has 1 aliphatic rings. The van der Waals surface area contributed by atoms with Crippen LogP contribution in [0, 0.1) is 5.92 Å². The zero-order valence-electron chi connectivity index (χ0n) is 10.1. The maximum absolute atomic E-state index is 11.7. The molecule has 1 rings (SSSR count). The van der Waals surface area contributed by atoms with Gasteiger partial charge in [-0.15, -0.1) is 12.4 Å². The average molecular weight is 251 g/mol. The van der Waals surface area contributed by atoms with Gasteiger partial charge < -0.3 is 15.4 Å². The van der Waals surface area contributed by atoms with Crippen LogP contribution in [0.5, 0.6) is 0 Å². The van der Waals surface area contributed by atoms with E-state index in [1.807, 2.05) is 0 Å². The monoisotopic (exact) mass is 250 g/mol. The first-order chi connectivity index (χ1) is 7.24. The van der Waals surface area contributed by atoms with Gasteiger partial charge in [-0.2, -0.15) is 0 Å². The van der Waals surface area contributed by atoms with Crippen molar-refractivity contribution in [1.82, 2.24) is 10.6 Å². The normalized spacial score (nSPS) is 22.0. The predicted octanol–water partition coefficient (Wildman–Crippen LogP) is 0.949. The molecule has 1 aliphatic heterocycles. The topological polar surface area (TPSA) is 50.4 Å². The molecule has 2 N–H and O–H groups in total. The Hall–Kier alpha value is -0.320. The quantitative estimate of drug-likeness (QED) is 0.764. The summed E-state index contributed by atoms with van der Waals surface area (Å²) in [6.07, 6.45) is 3.30. The van der Waals surface area contributed by atoms with Crippen LogP contribution in [0.1, 0.15) is 26.2 Å². The number of rotatable bonds is 5. The Balaban J connectivity index is 0.00000225. The van der Waals surface area contributed by atoms with E-state index in [1.54, 1.807) is 7.11 Å². The van der Waals surface area contributed by atoms with Crippen LogP contribution in [0.15, 0.2) is 0 Å². The number of methoxy groups -OCH3 is 1. The van der Waals surface area contributed by atoms with Gasteiger partial charge in [-0.25, -0.2) is 0 Å². The summed E-state index contributed by atoms with van der Waals surface area (Å²) in [6, 6.07) is 0.0218. The molecular weight excluding hydrogens is 228 g/mol. The zero-order valence-corrected chi connectivity index (χ0v) is 10.9. The summed E-state index contributed by atoms with van der Waals surface area (Å²) in [5.41, 5.74) is 0. The highest BCUT2D eigenvalue weighted by molar-refractivity contribution is 5.85. The van der Waals surface area contributed by atoms with Gasteiger partial charge in [0.15, 0.2) is 0 Å². The summed E-state index contributed by atoms with van der Waals surface area (Å²) in [6.45, 7) is 4.42. The van der Waals surface area contributed by atoms with Crippen LogP contribution in [-0.2, 0) is 9.53 Å². The summed E-state index contributed by atoms with van der Waals surface area (Å²) in [4.78, 5) is 11.7. The van der Waals surface area contributed by atoms with E-state index in [4.69, 9.17) is 4.74 Å². The molecule has 1 fully saturated rings. The number of ether oxygens (including phenoxy) is 1. The van der Waals surface area contributed by atoms with Crippen LogP contribution in [0.25, 0.3) is 0 Å². The van der Waals surface area contributed by atoms with Crippen molar-refractivity contribution in [3.63, 3.8) is 0 Å². The number of piperidine rings is 1. The standard InChI is InChI=1S/C11H22N2O2.ClH/c1-9(8-15-2)7-13-11(14)10-5-3-4-6-12-10;/h9-10,12H,3-8H2,1-2H3,(H,13,14);1H. The van der Waals surface area contributed by atoms with Crippen LogP contribution in [0.2, 0.25) is 0 Å². The lowest BCUT2D eigenvalue weighted by Gasteiger charge is -2.23. The highest BCUT2D eigenvalue weighted by Gasteiger charge is 2.20. The SMILES string of the molecule is COCC(C)CNC(=O)C1CCCCN1.Cl. The first-order valence-electron chi connectivity index (χ1n) is 5.74. The number of amides is 1. The van der Waals surface area contributed by atoms with Crippen LogP contribution in [-0.4, -0.2) is 38.8 Å². The van der Waals surface area contributed by atoms with Gasteiger partial charge >= 0.3 is 0 Å². The molecule has 0 spiro atoms. The minimum absolute atomic E-state index is 0. The fraction of sp³-hybridized carbons (Fsp3) is 0.909. The minimum atomic E-state index is 0. The van der Waals surface area contributed by atoms with Crippen molar-refractivity contribution in [2.75, 3.05) is 26.8 Å². The third-order valence-electron chi connectivity index (χ3n) is 2.70. The number of halogens is 1. The molecule has 2 atom stereocenters. The van der Waals surface area contributed by atoms with Crippen molar-refractivity contribution < 1.29 is 9.53 Å². The van der Waals surface area contributed by atoms with Crippen molar-refractivity contribution in [2.24, 2.45) is 5.92 Å². The second kappa shape index (κ2) is 8.79. The molecule has 0 aromatic carbocycles. The van der Waals surface area contributed by atoms with Crippen LogP contribution < -0.4 is 10.6 Å². The summed E-state index contributed by atoms with van der Waals surface area (Å²) in [7, 11) is 1.68. The van der Waals surface area contributed by atoms with Gasteiger partial charge in [0.1, 0.15) is 0 Å². The van der Waals surface area contributed by atoms with E-state index in [0.29, 0.717) is 19.1 Å². The van der Waals surface area contributed by atoms with Gasteiger partial charge in [-0.3, -0.25) is 4.79 Å². The van der Waals surface area contributed by atoms with Crippen molar-refractivity contribution in [3.05, 3.63) is 0 Å². The van der Waals surface area contributed by atoms with Gasteiger partial charge in [-0.1, -0.05) is 13.3 Å². The second-order valence-corrected chi connectivity index (χ2v) is 4.31. The number of carbonyl (C=O) groups excluding carboxylic acids is 1. The molecule has 0 aromatic heterocycles. The summed E-state index contributed by atoms with van der Waals surface area (Å²) in [5, 5.41) is 6.19. The van der Waals surface area contributed by atoms with Crippen LogP contribution >= 0.6 is 12.4 Å². The number of carbonyl (C=O) groups is 1. The van der Waals surface area contributed by atoms with E-state index in [0.717, 1.165) is 19.4 Å². The maximum atomic E-state index is 11.7. The lowest BCUT2D eigenvalue weighted by molar-refractivity contribution is -0.123. The van der Waals surface area contributed by atoms with E-state index in [9.17, 15) is 4.79 Å². The average Bonchev–Trinajstić information content (AvgIpc) is 2.27. The molecule has 2 unspecified atom stereocenters. The maximum Gasteiger partial charge on any atom is 0.237 e. The Labute approximate surface area is 104 Å². The van der Waals surface area contributed by atoms with Gasteiger partial charge in [0.05, 0.1) is 12.6 Å². The van der Waals surface area contributed by atoms with E-state index in [-0.39, 0.29) is 24.4 Å². The van der Waals surface area contributed by atoms with Gasteiger partial charge in [0, 0.05) is 13.7 Å². The summed E-state index contributed by atoms with van der Waals surface area (Å²) >= 11 is 0. The molecule has 4 nitrogen and oxygen atoms in total. The van der Waals surface area contributed by atoms with Crippen LogP contribution in [0.4, 0.5) is 0 Å². The fourth-order valence-corrected chi connectivity index (χ4v) is 1.82. The molecule has 1 amide bonds. The van der Waals surface area contributed by atoms with Crippen molar-refractivity contribution >= 4 is 18.3 Å². The van der Waals surface area contributed by atoms with E-state index in [1.165, 1.54) is 6.42 Å². The smallest absolute Gasteiger partial charge is 0.237 e. The Morgan fingerprint density at radius 1 is 1.56 bits per heavy atom. The molecule has 0 saturated carbocycles. The third kappa shape index (κ3) is 5.68. The molecule has 0 aliphatic carbocycles. The minimum Gasteiger partial charge on any atom is -0.384 e. The summed E-state index contributed by atoms with van der Waals surface area (Å²) < 4.78 is 5.01. The lowest BCUT2D eigenvalue weighted by Crippen LogP contribution is -2.47. The van der Waals surface area contributed by atoms with Gasteiger partial charge in [-0.05, 0) is 25.3 Å². The van der Waals surface area contributed by atoms with Crippen LogP contribution in [0.3, 0.4) is 0 Å². The fourth-order valence-electron chi connectivity index (χ4n) is 1.82. The number of hydrogen-bond donors (Lipinski definition) is 2. The van der Waals surface area contributed by atoms with Gasteiger partial charge in [0.25, 0.3) is 0 Å². The number of hydrogen-bond acceptors (Lipinski definition) is 3. The molecule has 0 aromatic rings. The highest BCUT2D eigenvalue weighted by Crippen LogP contribution is 2.06. The zero-order chi connectivity index (χ0) is 11.1. The summed E-state index contributed by atoms with van der Waals surface area (Å²) in [5.74, 6) is 0.514. The third-order valence-corrected chi connectivity index (χ3v) is 2.70. The van der Waals surface area contributed by atoms with E-state index < -0.39 is 0 Å². The number of nitrogens with one attached hydrogen (secondary N) is 2. The first kappa shape index (κ1) is 15.7. The first-order valence-corrected chi connectivity index (χ1v) is 5.74. The second-order valence-electron chi connectivity index (χ2n) is 4.31. The van der Waals surface area contributed by atoms with Crippen molar-refractivity contribution in [1.29, 1.82) is 0 Å². The Morgan fingerprint density at radius 3 is 2.88 bits per heavy atom. The van der Waals surface area contributed by atoms with Crippen molar-refractivity contribution in [3.8, 4) is 0 Å². The Kier molecular flexibility index (Phi) is 8.61. The Bertz CT molecular complexity index is 196. The molecule has 1 saturated heterocycles. The molecule has 0 radical (unpaired) electrons. The molecule has 96 valence electrons. The van der Waals surface area contributed by atoms with Crippen molar-refractivity contribution in [2.45, 2.75) is 32.2 Å². The predicted molar refractivity (Wildman–Crippen MR) is 66.9 cm³/mol. The molecular formula is C11H23ClN2O2.